The summed E-state index contributed by atoms with van der Waals surface area (Å²) >= 11 is 1.32. The standard InChI is InChI=1S/C14H16N6S/c1-14(2,3)12-17-13(21-19-12)20-8-16-11(18-20)9-4-6-10(15)7-5-9/h4-8H,15H2,1-3H3. The quantitative estimate of drug-likeness (QED) is 0.736. The summed E-state index contributed by atoms with van der Waals surface area (Å²) in [5.41, 5.74) is 7.25. The number of nitrogens with zero attached hydrogens (tertiary/aromatic N) is 5. The van der Waals surface area contributed by atoms with Gasteiger partial charge in [-0.05, 0) is 24.3 Å². The van der Waals surface area contributed by atoms with E-state index in [9.17, 15) is 0 Å². The van der Waals surface area contributed by atoms with E-state index in [0.717, 1.165) is 17.1 Å². The molecule has 108 valence electrons. The van der Waals surface area contributed by atoms with Gasteiger partial charge >= 0.3 is 0 Å². The number of aromatic nitrogens is 5. The Morgan fingerprint density at radius 1 is 1.14 bits per heavy atom. The third kappa shape index (κ3) is 2.78. The molecule has 0 aliphatic heterocycles. The number of hydrogen-bond acceptors (Lipinski definition) is 6. The highest BCUT2D eigenvalue weighted by atomic mass is 32.1. The molecule has 0 fully saturated rings. The number of benzene rings is 1. The molecule has 3 aromatic rings. The minimum absolute atomic E-state index is 0.0743. The Labute approximate surface area is 126 Å². The minimum Gasteiger partial charge on any atom is -0.399 e. The van der Waals surface area contributed by atoms with E-state index < -0.39 is 0 Å². The van der Waals surface area contributed by atoms with E-state index in [0.29, 0.717) is 11.0 Å². The lowest BCUT2D eigenvalue weighted by atomic mass is 9.96. The zero-order valence-electron chi connectivity index (χ0n) is 12.1. The van der Waals surface area contributed by atoms with Gasteiger partial charge in [0.2, 0.25) is 5.13 Å². The first kappa shape index (κ1) is 13.7. The van der Waals surface area contributed by atoms with Crippen molar-refractivity contribution in [3.05, 3.63) is 36.4 Å². The first-order chi connectivity index (χ1) is 9.93. The lowest BCUT2D eigenvalue weighted by Gasteiger charge is -2.11. The molecule has 0 saturated heterocycles. The second kappa shape index (κ2) is 4.92. The zero-order valence-corrected chi connectivity index (χ0v) is 12.9. The maximum atomic E-state index is 5.68. The monoisotopic (exact) mass is 300 g/mol. The number of nitrogen functional groups attached to an aromatic ring is 1. The third-order valence-electron chi connectivity index (χ3n) is 2.94. The van der Waals surface area contributed by atoms with Crippen molar-refractivity contribution in [2.45, 2.75) is 26.2 Å². The van der Waals surface area contributed by atoms with Crippen molar-refractivity contribution < 1.29 is 0 Å². The van der Waals surface area contributed by atoms with E-state index in [-0.39, 0.29) is 5.41 Å². The van der Waals surface area contributed by atoms with Gasteiger partial charge in [-0.1, -0.05) is 20.8 Å². The average Bonchev–Trinajstić information content (AvgIpc) is 3.07. The normalized spacial score (nSPS) is 11.8. The molecule has 0 radical (unpaired) electrons. The lowest BCUT2D eigenvalue weighted by Crippen LogP contribution is -2.13. The highest BCUT2D eigenvalue weighted by molar-refractivity contribution is 7.08. The van der Waals surface area contributed by atoms with Gasteiger partial charge in [0.05, 0.1) is 0 Å². The lowest BCUT2D eigenvalue weighted by molar-refractivity contribution is 0.553. The Hall–Kier alpha value is -2.28. The molecule has 2 aromatic heterocycles. The zero-order chi connectivity index (χ0) is 15.0. The number of anilines is 1. The van der Waals surface area contributed by atoms with Crippen LogP contribution in [0.3, 0.4) is 0 Å². The average molecular weight is 300 g/mol. The van der Waals surface area contributed by atoms with Gasteiger partial charge in [-0.2, -0.15) is 9.06 Å². The van der Waals surface area contributed by atoms with Gasteiger partial charge in [0.1, 0.15) is 12.2 Å². The van der Waals surface area contributed by atoms with Crippen molar-refractivity contribution in [3.8, 4) is 16.5 Å². The summed E-state index contributed by atoms with van der Waals surface area (Å²) in [7, 11) is 0. The van der Waals surface area contributed by atoms with Crippen molar-refractivity contribution in [2.24, 2.45) is 0 Å². The molecule has 0 saturated carbocycles. The van der Waals surface area contributed by atoms with E-state index in [1.807, 2.05) is 24.3 Å². The molecule has 0 spiro atoms. The van der Waals surface area contributed by atoms with Gasteiger partial charge in [-0.25, -0.2) is 9.97 Å². The summed E-state index contributed by atoms with van der Waals surface area (Å²) in [6.07, 6.45) is 1.65. The highest BCUT2D eigenvalue weighted by Crippen LogP contribution is 2.23. The smallest absolute Gasteiger partial charge is 0.231 e. The molecular formula is C14H16N6S. The number of rotatable bonds is 2. The predicted molar refractivity (Wildman–Crippen MR) is 83.4 cm³/mol. The maximum Gasteiger partial charge on any atom is 0.231 e. The molecule has 0 aliphatic rings. The summed E-state index contributed by atoms with van der Waals surface area (Å²) in [4.78, 5) is 8.83. The number of hydrogen-bond donors (Lipinski definition) is 1. The first-order valence-corrected chi connectivity index (χ1v) is 7.33. The van der Waals surface area contributed by atoms with E-state index >= 15 is 0 Å². The van der Waals surface area contributed by atoms with Gasteiger partial charge in [0.15, 0.2) is 5.82 Å². The van der Waals surface area contributed by atoms with Crippen LogP contribution in [0.2, 0.25) is 0 Å². The van der Waals surface area contributed by atoms with Crippen LogP contribution in [0.4, 0.5) is 5.69 Å². The summed E-state index contributed by atoms with van der Waals surface area (Å²) in [5, 5.41) is 5.17. The Morgan fingerprint density at radius 3 is 2.48 bits per heavy atom. The van der Waals surface area contributed by atoms with Gasteiger partial charge in [0, 0.05) is 28.2 Å². The molecule has 1 aromatic carbocycles. The van der Waals surface area contributed by atoms with E-state index in [4.69, 9.17) is 5.73 Å². The molecule has 0 aliphatic carbocycles. The summed E-state index contributed by atoms with van der Waals surface area (Å²) < 4.78 is 6.03. The van der Waals surface area contributed by atoms with Gasteiger partial charge < -0.3 is 5.73 Å². The van der Waals surface area contributed by atoms with Crippen LogP contribution in [0.1, 0.15) is 26.6 Å². The third-order valence-corrected chi connectivity index (χ3v) is 3.65. The Bertz CT molecular complexity index is 750. The van der Waals surface area contributed by atoms with Crippen LogP contribution in [0.5, 0.6) is 0 Å². The second-order valence-corrected chi connectivity index (χ2v) is 6.52. The molecule has 0 bridgehead atoms. The van der Waals surface area contributed by atoms with E-state index in [2.05, 4.69) is 40.2 Å². The number of nitrogens with two attached hydrogens (primary N) is 1. The van der Waals surface area contributed by atoms with Crippen LogP contribution in [0.25, 0.3) is 16.5 Å². The van der Waals surface area contributed by atoms with Crippen molar-refractivity contribution in [1.29, 1.82) is 0 Å². The van der Waals surface area contributed by atoms with E-state index in [1.165, 1.54) is 11.5 Å². The molecule has 6 nitrogen and oxygen atoms in total. The van der Waals surface area contributed by atoms with Crippen LogP contribution in [0, 0.1) is 0 Å². The van der Waals surface area contributed by atoms with Crippen LogP contribution in [-0.4, -0.2) is 24.1 Å². The van der Waals surface area contributed by atoms with Crippen molar-refractivity contribution in [3.63, 3.8) is 0 Å². The summed E-state index contributed by atoms with van der Waals surface area (Å²) in [5.74, 6) is 1.45. The van der Waals surface area contributed by atoms with Crippen LogP contribution < -0.4 is 5.73 Å². The fourth-order valence-electron chi connectivity index (χ4n) is 1.73. The fraction of sp³-hybridized carbons (Fsp3) is 0.286. The molecule has 21 heavy (non-hydrogen) atoms. The summed E-state index contributed by atoms with van der Waals surface area (Å²) in [6, 6.07) is 7.46. The molecule has 7 heteroatoms. The molecule has 2 N–H and O–H groups in total. The van der Waals surface area contributed by atoms with Crippen LogP contribution in [-0.2, 0) is 5.41 Å². The highest BCUT2D eigenvalue weighted by Gasteiger charge is 2.20. The molecule has 0 amide bonds. The molecule has 0 unspecified atom stereocenters. The topological polar surface area (TPSA) is 82.5 Å². The first-order valence-electron chi connectivity index (χ1n) is 6.55. The van der Waals surface area contributed by atoms with Crippen molar-refractivity contribution >= 4 is 17.2 Å². The Balaban J connectivity index is 1.91. The maximum absolute atomic E-state index is 5.68. The fourth-order valence-corrected chi connectivity index (χ4v) is 2.51. The van der Waals surface area contributed by atoms with Gasteiger partial charge in [-0.15, -0.1) is 5.10 Å². The van der Waals surface area contributed by atoms with Crippen LogP contribution >= 0.6 is 11.5 Å². The van der Waals surface area contributed by atoms with E-state index in [1.54, 1.807) is 11.0 Å². The van der Waals surface area contributed by atoms with Crippen LogP contribution in [0.15, 0.2) is 30.6 Å². The molecule has 3 rings (SSSR count). The molecular weight excluding hydrogens is 284 g/mol. The largest absolute Gasteiger partial charge is 0.399 e. The van der Waals surface area contributed by atoms with Crippen molar-refractivity contribution in [1.82, 2.24) is 24.1 Å². The summed E-state index contributed by atoms with van der Waals surface area (Å²) in [6.45, 7) is 6.25. The molecule has 0 atom stereocenters. The Kier molecular flexibility index (Phi) is 3.21. The second-order valence-electron chi connectivity index (χ2n) is 5.79. The van der Waals surface area contributed by atoms with Gasteiger partial charge in [0.25, 0.3) is 0 Å². The SMILES string of the molecule is CC(C)(C)c1nsc(-n2cnc(-c3ccc(N)cc3)n2)n1. The van der Waals surface area contributed by atoms with Gasteiger partial charge in [-0.3, -0.25) is 0 Å². The Morgan fingerprint density at radius 2 is 1.86 bits per heavy atom. The predicted octanol–water partition coefficient (Wildman–Crippen LogP) is 2.67. The minimum atomic E-state index is -0.0743. The molecule has 2 heterocycles. The van der Waals surface area contributed by atoms with Crippen molar-refractivity contribution in [2.75, 3.05) is 5.73 Å².